The van der Waals surface area contributed by atoms with Gasteiger partial charge in [-0.05, 0) is 25.0 Å². The van der Waals surface area contributed by atoms with E-state index in [-0.39, 0.29) is 29.3 Å². The summed E-state index contributed by atoms with van der Waals surface area (Å²) in [6, 6.07) is 3.57. The van der Waals surface area contributed by atoms with Crippen molar-refractivity contribution in [1.82, 2.24) is 4.90 Å². The first-order valence-electron chi connectivity index (χ1n) is 6.83. The molecule has 1 fully saturated rings. The summed E-state index contributed by atoms with van der Waals surface area (Å²) in [7, 11) is 1.66. The van der Waals surface area contributed by atoms with E-state index in [1.165, 1.54) is 6.07 Å². The van der Waals surface area contributed by atoms with Gasteiger partial charge in [-0.3, -0.25) is 4.79 Å². The van der Waals surface area contributed by atoms with Gasteiger partial charge < -0.3 is 4.90 Å². The van der Waals surface area contributed by atoms with Crippen LogP contribution in [0.1, 0.15) is 31.2 Å². The quantitative estimate of drug-likeness (QED) is 0.782. The topological polar surface area (TPSA) is 20.3 Å². The lowest BCUT2D eigenvalue weighted by atomic mass is 9.93. The smallest absolute Gasteiger partial charge is 0.227 e. The Balaban J connectivity index is 2.07. The number of alkyl halides is 1. The zero-order chi connectivity index (χ0) is 14.7. The summed E-state index contributed by atoms with van der Waals surface area (Å²) >= 11 is 6.25. The molecule has 1 aromatic rings. The number of hydrogen-bond donors (Lipinski definition) is 0. The second-order valence-electron chi connectivity index (χ2n) is 5.25. The van der Waals surface area contributed by atoms with Crippen LogP contribution in [-0.4, -0.2) is 29.3 Å². The number of amides is 1. The minimum absolute atomic E-state index is 0.0484. The highest BCUT2D eigenvalue weighted by molar-refractivity contribution is 6.21. The molecule has 0 saturated heterocycles. The number of halogens is 3. The van der Waals surface area contributed by atoms with Gasteiger partial charge in [0.25, 0.3) is 0 Å². The Morgan fingerprint density at radius 1 is 1.30 bits per heavy atom. The fourth-order valence-corrected chi connectivity index (χ4v) is 3.11. The number of likely N-dealkylation sites (N-methyl/N-ethyl adjacent to an activating group) is 1. The summed E-state index contributed by atoms with van der Waals surface area (Å²) in [4.78, 5) is 13.7. The summed E-state index contributed by atoms with van der Waals surface area (Å²) in [5.41, 5.74) is -0.175. The Kier molecular flexibility index (Phi) is 4.97. The van der Waals surface area contributed by atoms with E-state index >= 15 is 0 Å². The van der Waals surface area contributed by atoms with E-state index in [0.29, 0.717) is 0 Å². The van der Waals surface area contributed by atoms with Crippen molar-refractivity contribution in [2.75, 3.05) is 7.05 Å². The zero-order valence-electron chi connectivity index (χ0n) is 11.4. The van der Waals surface area contributed by atoms with Crippen molar-refractivity contribution >= 4 is 17.5 Å². The standard InChI is InChI=1S/C15H18ClF2NO/c1-19(14-8-3-2-5-11(14)16)15(20)9-10-12(17)6-4-7-13(10)18/h4,6-7,11,14H,2-3,5,8-9H2,1H3. The molecule has 0 radical (unpaired) electrons. The molecule has 110 valence electrons. The molecule has 0 N–H and O–H groups in total. The molecule has 2 nitrogen and oxygen atoms in total. The first-order valence-corrected chi connectivity index (χ1v) is 7.27. The molecule has 2 atom stereocenters. The van der Waals surface area contributed by atoms with Crippen LogP contribution in [0.15, 0.2) is 18.2 Å². The Morgan fingerprint density at radius 2 is 1.90 bits per heavy atom. The molecule has 2 rings (SSSR count). The third kappa shape index (κ3) is 3.29. The van der Waals surface area contributed by atoms with Crippen LogP contribution in [0.3, 0.4) is 0 Å². The largest absolute Gasteiger partial charge is 0.341 e. The molecule has 1 aliphatic rings. The minimum Gasteiger partial charge on any atom is -0.341 e. The van der Waals surface area contributed by atoms with Gasteiger partial charge >= 0.3 is 0 Å². The van der Waals surface area contributed by atoms with Crippen LogP contribution < -0.4 is 0 Å². The Bertz CT molecular complexity index is 475. The van der Waals surface area contributed by atoms with E-state index in [1.807, 2.05) is 0 Å². The van der Waals surface area contributed by atoms with Crippen LogP contribution in [0, 0.1) is 11.6 Å². The van der Waals surface area contributed by atoms with Crippen LogP contribution in [0.5, 0.6) is 0 Å². The fraction of sp³-hybridized carbons (Fsp3) is 0.533. The van der Waals surface area contributed by atoms with Gasteiger partial charge in [-0.2, -0.15) is 0 Å². The lowest BCUT2D eigenvalue weighted by Crippen LogP contribution is -2.45. The van der Waals surface area contributed by atoms with E-state index in [0.717, 1.165) is 37.8 Å². The Morgan fingerprint density at radius 3 is 2.50 bits per heavy atom. The van der Waals surface area contributed by atoms with Gasteiger partial charge in [-0.15, -0.1) is 11.6 Å². The normalized spacial score (nSPS) is 22.6. The van der Waals surface area contributed by atoms with Gasteiger partial charge in [-0.1, -0.05) is 18.9 Å². The third-order valence-electron chi connectivity index (χ3n) is 3.93. The highest BCUT2D eigenvalue weighted by Crippen LogP contribution is 2.27. The average molecular weight is 302 g/mol. The summed E-state index contributed by atoms with van der Waals surface area (Å²) in [5, 5.41) is -0.0804. The summed E-state index contributed by atoms with van der Waals surface area (Å²) in [5.74, 6) is -1.66. The lowest BCUT2D eigenvalue weighted by Gasteiger charge is -2.35. The predicted molar refractivity (Wildman–Crippen MR) is 74.7 cm³/mol. The molecule has 0 heterocycles. The van der Waals surface area contributed by atoms with Crippen molar-refractivity contribution < 1.29 is 13.6 Å². The zero-order valence-corrected chi connectivity index (χ0v) is 12.2. The number of nitrogens with zero attached hydrogens (tertiary/aromatic N) is 1. The summed E-state index contributed by atoms with van der Waals surface area (Å²) in [6.45, 7) is 0. The second-order valence-corrected chi connectivity index (χ2v) is 5.81. The predicted octanol–water partition coefficient (Wildman–Crippen LogP) is 3.52. The minimum atomic E-state index is -0.683. The van der Waals surface area contributed by atoms with E-state index in [9.17, 15) is 13.6 Å². The van der Waals surface area contributed by atoms with E-state index in [2.05, 4.69) is 0 Å². The summed E-state index contributed by atoms with van der Waals surface area (Å²) < 4.78 is 27.1. The van der Waals surface area contributed by atoms with Crippen LogP contribution in [-0.2, 0) is 11.2 Å². The monoisotopic (exact) mass is 301 g/mol. The maximum absolute atomic E-state index is 13.6. The van der Waals surface area contributed by atoms with Gasteiger partial charge in [0, 0.05) is 18.7 Å². The van der Waals surface area contributed by atoms with E-state index in [1.54, 1.807) is 11.9 Å². The number of carbonyl (C=O) groups is 1. The lowest BCUT2D eigenvalue weighted by molar-refractivity contribution is -0.131. The van der Waals surface area contributed by atoms with Crippen LogP contribution >= 0.6 is 11.6 Å². The van der Waals surface area contributed by atoms with Crippen molar-refractivity contribution in [3.8, 4) is 0 Å². The molecule has 1 aromatic carbocycles. The van der Waals surface area contributed by atoms with Gasteiger partial charge in [0.2, 0.25) is 5.91 Å². The maximum atomic E-state index is 13.6. The van der Waals surface area contributed by atoms with E-state index < -0.39 is 11.6 Å². The third-order valence-corrected chi connectivity index (χ3v) is 4.44. The number of rotatable bonds is 3. The SMILES string of the molecule is CN(C(=O)Cc1c(F)cccc1F)C1CCCCC1Cl. The fourth-order valence-electron chi connectivity index (χ4n) is 2.66. The first kappa shape index (κ1) is 15.2. The molecule has 20 heavy (non-hydrogen) atoms. The van der Waals surface area contributed by atoms with E-state index in [4.69, 9.17) is 11.6 Å². The molecule has 0 aliphatic heterocycles. The van der Waals surface area contributed by atoms with Crippen molar-refractivity contribution in [3.63, 3.8) is 0 Å². The maximum Gasteiger partial charge on any atom is 0.227 e. The molecular weight excluding hydrogens is 284 g/mol. The van der Waals surface area contributed by atoms with Crippen LogP contribution in [0.4, 0.5) is 8.78 Å². The van der Waals surface area contributed by atoms with Crippen molar-refractivity contribution in [1.29, 1.82) is 0 Å². The Hall–Kier alpha value is -1.16. The molecule has 1 saturated carbocycles. The number of hydrogen-bond acceptors (Lipinski definition) is 1. The molecule has 2 unspecified atom stereocenters. The molecule has 0 bridgehead atoms. The van der Waals surface area contributed by atoms with Crippen LogP contribution in [0.25, 0.3) is 0 Å². The molecule has 1 amide bonds. The van der Waals surface area contributed by atoms with Gasteiger partial charge in [0.15, 0.2) is 0 Å². The van der Waals surface area contributed by atoms with Crippen molar-refractivity contribution in [3.05, 3.63) is 35.4 Å². The second kappa shape index (κ2) is 6.53. The first-order chi connectivity index (χ1) is 9.50. The van der Waals surface area contributed by atoms with Crippen molar-refractivity contribution in [2.45, 2.75) is 43.5 Å². The number of carbonyl (C=O) groups excluding carboxylic acids is 1. The molecular formula is C15H18ClF2NO. The molecule has 1 aliphatic carbocycles. The average Bonchev–Trinajstić information content (AvgIpc) is 2.42. The highest BCUT2D eigenvalue weighted by atomic mass is 35.5. The number of benzene rings is 1. The van der Waals surface area contributed by atoms with Gasteiger partial charge in [-0.25, -0.2) is 8.78 Å². The highest BCUT2D eigenvalue weighted by Gasteiger charge is 2.29. The van der Waals surface area contributed by atoms with Crippen molar-refractivity contribution in [2.24, 2.45) is 0 Å². The molecule has 0 spiro atoms. The molecule has 5 heteroatoms. The molecule has 0 aromatic heterocycles. The van der Waals surface area contributed by atoms with Gasteiger partial charge in [0.1, 0.15) is 11.6 Å². The summed E-state index contributed by atoms with van der Waals surface area (Å²) in [6.07, 6.45) is 3.54. The van der Waals surface area contributed by atoms with Crippen LogP contribution in [0.2, 0.25) is 0 Å². The van der Waals surface area contributed by atoms with Gasteiger partial charge in [0.05, 0.1) is 11.8 Å². The Labute approximate surface area is 122 Å².